The van der Waals surface area contributed by atoms with Gasteiger partial charge in [-0.05, 0) is 45.0 Å². The number of carbonyl (C=O) groups excluding carboxylic acids is 1. The molecule has 8 nitrogen and oxygen atoms in total. The van der Waals surface area contributed by atoms with Gasteiger partial charge in [0.2, 0.25) is 0 Å². The first-order chi connectivity index (χ1) is 14.1. The molecule has 3 rings (SSSR count). The molecule has 1 N–H and O–H groups in total. The van der Waals surface area contributed by atoms with E-state index in [9.17, 15) is 13.2 Å². The van der Waals surface area contributed by atoms with E-state index < -0.39 is 9.84 Å². The number of nitrogens with zero attached hydrogens (tertiary/aromatic N) is 2. The van der Waals surface area contributed by atoms with E-state index in [2.05, 4.69) is 19.9 Å². The summed E-state index contributed by atoms with van der Waals surface area (Å²) in [5.41, 5.74) is 0.567. The van der Waals surface area contributed by atoms with Crippen molar-refractivity contribution in [3.63, 3.8) is 0 Å². The van der Waals surface area contributed by atoms with Crippen LogP contribution in [0.5, 0.6) is 5.75 Å². The zero-order valence-electron chi connectivity index (χ0n) is 17.8. The Morgan fingerprint density at radius 2 is 1.83 bits per heavy atom. The number of sulfone groups is 1. The van der Waals surface area contributed by atoms with Crippen LogP contribution in [0.25, 0.3) is 0 Å². The first kappa shape index (κ1) is 24.1. The largest absolute Gasteiger partial charge is 0.487 e. The van der Waals surface area contributed by atoms with Crippen LogP contribution in [0.15, 0.2) is 34.5 Å². The quantitative estimate of drug-likeness (QED) is 0.664. The van der Waals surface area contributed by atoms with E-state index in [1.54, 1.807) is 35.6 Å². The number of hydrogen-bond acceptors (Lipinski definition) is 9. The van der Waals surface area contributed by atoms with E-state index in [1.807, 2.05) is 26.2 Å². The summed E-state index contributed by atoms with van der Waals surface area (Å²) in [6, 6.07) is 6.44. The van der Waals surface area contributed by atoms with Crippen LogP contribution in [-0.2, 0) is 26.0 Å². The van der Waals surface area contributed by atoms with Gasteiger partial charge in [-0.3, -0.25) is 4.79 Å². The Morgan fingerprint density at radius 1 is 1.20 bits per heavy atom. The highest BCUT2D eigenvalue weighted by Crippen LogP contribution is 2.22. The van der Waals surface area contributed by atoms with Gasteiger partial charge < -0.3 is 19.7 Å². The molecule has 1 aromatic carbocycles. The molecule has 1 aliphatic rings. The van der Waals surface area contributed by atoms with E-state index >= 15 is 0 Å². The third-order valence-electron chi connectivity index (χ3n) is 3.97. The lowest BCUT2D eigenvalue weighted by Gasteiger charge is -2.26. The number of carbonyl (C=O) groups is 1. The third-order valence-corrected chi connectivity index (χ3v) is 6.05. The van der Waals surface area contributed by atoms with Gasteiger partial charge in [0, 0.05) is 37.8 Å². The highest BCUT2D eigenvalue weighted by molar-refractivity contribution is 7.90. The lowest BCUT2D eigenvalue weighted by Crippen LogP contribution is -2.43. The predicted octanol–water partition coefficient (Wildman–Crippen LogP) is 2.49. The summed E-state index contributed by atoms with van der Waals surface area (Å²) in [7, 11) is -3.17. The summed E-state index contributed by atoms with van der Waals surface area (Å²) >= 11 is 1.62. The summed E-state index contributed by atoms with van der Waals surface area (Å²) in [6.07, 6.45) is 1.19. The molecule has 1 aromatic heterocycles. The van der Waals surface area contributed by atoms with Crippen LogP contribution in [0.1, 0.15) is 26.5 Å². The maximum Gasteiger partial charge on any atom is 0.293 e. The van der Waals surface area contributed by atoms with E-state index in [-0.39, 0.29) is 5.60 Å². The fourth-order valence-corrected chi connectivity index (χ4v) is 3.94. The zero-order chi connectivity index (χ0) is 22.2. The van der Waals surface area contributed by atoms with E-state index in [0.717, 1.165) is 37.0 Å². The second kappa shape index (κ2) is 10.7. The van der Waals surface area contributed by atoms with Crippen LogP contribution in [0.3, 0.4) is 0 Å². The van der Waals surface area contributed by atoms with Crippen LogP contribution in [0.2, 0.25) is 0 Å². The standard InChI is InChI=1S/C15H19N3O3S2.C5H10O2/c1-23(19,20)14-4-2-13(3-5-14)21-10-12-11-22-15(17-12)18-8-6-16-7-9-18;1-5(2,3)7-4-6/h2-5,11,16H,6-10H2,1H3;4H,1-3H3. The maximum absolute atomic E-state index is 11.4. The first-order valence-electron chi connectivity index (χ1n) is 9.53. The molecular weight excluding hydrogens is 426 g/mol. The minimum Gasteiger partial charge on any atom is -0.487 e. The fraction of sp³-hybridized carbons (Fsp3) is 0.500. The van der Waals surface area contributed by atoms with Gasteiger partial charge in [-0.1, -0.05) is 0 Å². The molecule has 166 valence electrons. The number of aromatic nitrogens is 1. The van der Waals surface area contributed by atoms with Crippen molar-refractivity contribution >= 4 is 32.8 Å². The molecule has 0 aliphatic carbocycles. The molecule has 0 unspecified atom stereocenters. The Morgan fingerprint density at radius 3 is 2.33 bits per heavy atom. The maximum atomic E-state index is 11.4. The zero-order valence-corrected chi connectivity index (χ0v) is 19.4. The van der Waals surface area contributed by atoms with Gasteiger partial charge in [-0.15, -0.1) is 11.3 Å². The summed E-state index contributed by atoms with van der Waals surface area (Å²) in [6.45, 7) is 10.2. The summed E-state index contributed by atoms with van der Waals surface area (Å²) < 4.78 is 33.1. The number of thiazole rings is 1. The number of hydrogen-bond donors (Lipinski definition) is 1. The van der Waals surface area contributed by atoms with Crippen LogP contribution in [0, 0.1) is 0 Å². The third kappa shape index (κ3) is 8.29. The van der Waals surface area contributed by atoms with Gasteiger partial charge >= 0.3 is 0 Å². The Balaban J connectivity index is 0.000000396. The van der Waals surface area contributed by atoms with E-state index in [4.69, 9.17) is 4.74 Å². The highest BCUT2D eigenvalue weighted by atomic mass is 32.2. The smallest absolute Gasteiger partial charge is 0.293 e. The monoisotopic (exact) mass is 455 g/mol. The predicted molar refractivity (Wildman–Crippen MR) is 118 cm³/mol. The molecule has 10 heteroatoms. The number of nitrogens with one attached hydrogen (secondary N) is 1. The highest BCUT2D eigenvalue weighted by Gasteiger charge is 2.14. The average Bonchev–Trinajstić information content (AvgIpc) is 3.15. The Bertz CT molecular complexity index is 899. The van der Waals surface area contributed by atoms with Gasteiger partial charge in [0.05, 0.1) is 10.6 Å². The van der Waals surface area contributed by atoms with Crippen LogP contribution < -0.4 is 15.0 Å². The van der Waals surface area contributed by atoms with Gasteiger partial charge in [0.15, 0.2) is 15.0 Å². The Kier molecular flexibility index (Phi) is 8.63. The molecule has 1 aliphatic heterocycles. The van der Waals surface area contributed by atoms with Crippen molar-refractivity contribution in [1.82, 2.24) is 10.3 Å². The van der Waals surface area contributed by atoms with Crippen LogP contribution in [-0.4, -0.2) is 57.9 Å². The van der Waals surface area contributed by atoms with Crippen molar-refractivity contribution in [2.45, 2.75) is 37.9 Å². The Labute approximate surface area is 182 Å². The number of benzene rings is 1. The van der Waals surface area contributed by atoms with Crippen molar-refractivity contribution in [3.8, 4) is 5.75 Å². The van der Waals surface area contributed by atoms with Crippen molar-refractivity contribution in [3.05, 3.63) is 35.3 Å². The summed E-state index contributed by atoms with van der Waals surface area (Å²) in [5.74, 6) is 0.633. The van der Waals surface area contributed by atoms with Gasteiger partial charge in [-0.2, -0.15) is 0 Å². The minimum atomic E-state index is -3.17. The minimum absolute atomic E-state index is 0.291. The number of ether oxygens (including phenoxy) is 2. The molecular formula is C20H29N3O5S2. The van der Waals surface area contributed by atoms with Crippen molar-refractivity contribution in [2.75, 3.05) is 37.3 Å². The molecule has 30 heavy (non-hydrogen) atoms. The molecule has 0 amide bonds. The second-order valence-corrected chi connectivity index (χ2v) is 10.6. The van der Waals surface area contributed by atoms with Crippen LogP contribution >= 0.6 is 11.3 Å². The van der Waals surface area contributed by atoms with Gasteiger partial charge in [0.25, 0.3) is 6.47 Å². The number of piperazine rings is 1. The van der Waals surface area contributed by atoms with Crippen molar-refractivity contribution in [2.24, 2.45) is 0 Å². The second-order valence-electron chi connectivity index (χ2n) is 7.72. The molecule has 2 aromatic rings. The lowest BCUT2D eigenvalue weighted by atomic mass is 10.2. The summed E-state index contributed by atoms with van der Waals surface area (Å²) in [4.78, 5) is 16.8. The molecule has 0 saturated carbocycles. The molecule has 2 heterocycles. The molecule has 0 atom stereocenters. The number of anilines is 1. The Hall–Kier alpha value is -2.17. The van der Waals surface area contributed by atoms with Gasteiger partial charge in [0.1, 0.15) is 18.0 Å². The summed E-state index contributed by atoms with van der Waals surface area (Å²) in [5, 5.41) is 6.35. The molecule has 0 radical (unpaired) electrons. The average molecular weight is 456 g/mol. The number of rotatable bonds is 6. The van der Waals surface area contributed by atoms with Gasteiger partial charge in [-0.25, -0.2) is 13.4 Å². The fourth-order valence-electron chi connectivity index (χ4n) is 2.45. The van der Waals surface area contributed by atoms with Crippen molar-refractivity contribution < 1.29 is 22.7 Å². The van der Waals surface area contributed by atoms with Crippen LogP contribution in [0.4, 0.5) is 5.13 Å². The van der Waals surface area contributed by atoms with E-state index in [0.29, 0.717) is 23.7 Å². The first-order valence-corrected chi connectivity index (χ1v) is 12.3. The molecule has 0 spiro atoms. The molecule has 1 fully saturated rings. The van der Waals surface area contributed by atoms with Crippen molar-refractivity contribution in [1.29, 1.82) is 0 Å². The molecule has 1 saturated heterocycles. The lowest BCUT2D eigenvalue weighted by molar-refractivity contribution is -0.138. The molecule has 0 bridgehead atoms. The topological polar surface area (TPSA) is 97.8 Å². The van der Waals surface area contributed by atoms with E-state index in [1.165, 1.54) is 6.26 Å². The SMILES string of the molecule is CC(C)(C)OC=O.CS(=O)(=O)c1ccc(OCc2csc(N3CCNCC3)n2)cc1. The normalized spacial score (nSPS) is 14.5.